The smallest absolute Gasteiger partial charge is 0.231 e. The molecule has 0 aliphatic carbocycles. The summed E-state index contributed by atoms with van der Waals surface area (Å²) in [7, 11) is 0. The maximum absolute atomic E-state index is 9.62. The second-order valence-corrected chi connectivity index (χ2v) is 5.84. The molecule has 0 radical (unpaired) electrons. The van der Waals surface area contributed by atoms with E-state index in [1.807, 2.05) is 20.8 Å². The Labute approximate surface area is 123 Å². The molecule has 2 N–H and O–H groups in total. The predicted molar refractivity (Wildman–Crippen MR) is 75.7 cm³/mol. The molecular formula is C14H21N5O2. The first-order valence-corrected chi connectivity index (χ1v) is 7.22. The lowest BCUT2D eigenvalue weighted by molar-refractivity contribution is 0.204. The summed E-state index contributed by atoms with van der Waals surface area (Å²) in [5.74, 6) is 1.51. The molecule has 2 atom stereocenters. The van der Waals surface area contributed by atoms with Gasteiger partial charge in [-0.05, 0) is 20.8 Å². The van der Waals surface area contributed by atoms with E-state index < -0.39 is 0 Å². The van der Waals surface area contributed by atoms with E-state index in [0.29, 0.717) is 11.7 Å². The Morgan fingerprint density at radius 1 is 1.33 bits per heavy atom. The van der Waals surface area contributed by atoms with E-state index in [1.165, 1.54) is 5.56 Å². The summed E-state index contributed by atoms with van der Waals surface area (Å²) in [5.41, 5.74) is 3.37. The van der Waals surface area contributed by atoms with E-state index in [0.717, 1.165) is 31.0 Å². The molecule has 3 heterocycles. The number of aromatic amines is 1. The highest BCUT2D eigenvalue weighted by atomic mass is 16.5. The summed E-state index contributed by atoms with van der Waals surface area (Å²) in [6.07, 6.45) is 0. The number of hydrogen-bond acceptors (Lipinski definition) is 6. The standard InChI is InChI=1S/C14H21N5O2/c1-8-12(9(2)17-16-8)5-19-4-11(7-20)13(6-19)14-15-10(3)18-21-14/h11,13,20H,4-7H2,1-3H3,(H,16,17)/t11-,13+/m0/s1. The van der Waals surface area contributed by atoms with Crippen molar-refractivity contribution in [2.45, 2.75) is 33.2 Å². The van der Waals surface area contributed by atoms with Crippen LogP contribution in [0.2, 0.25) is 0 Å². The number of hydrogen-bond donors (Lipinski definition) is 2. The molecule has 1 saturated heterocycles. The average Bonchev–Trinajstić information content (AvgIpc) is 3.14. The third-order valence-electron chi connectivity index (χ3n) is 4.27. The molecule has 1 aliphatic heterocycles. The normalized spacial score (nSPS) is 23.0. The third-order valence-corrected chi connectivity index (χ3v) is 4.27. The lowest BCUT2D eigenvalue weighted by Gasteiger charge is -2.15. The fourth-order valence-electron chi connectivity index (χ4n) is 3.05. The third kappa shape index (κ3) is 2.71. The summed E-state index contributed by atoms with van der Waals surface area (Å²) in [6.45, 7) is 8.46. The lowest BCUT2D eigenvalue weighted by Crippen LogP contribution is -2.21. The van der Waals surface area contributed by atoms with Gasteiger partial charge in [-0.25, -0.2) is 0 Å². The van der Waals surface area contributed by atoms with Crippen molar-refractivity contribution < 1.29 is 9.63 Å². The Balaban J connectivity index is 1.75. The molecule has 0 amide bonds. The SMILES string of the molecule is Cc1noc([C@@H]2CN(Cc3c(C)n[nH]c3C)C[C@H]2CO)n1. The quantitative estimate of drug-likeness (QED) is 0.870. The molecule has 21 heavy (non-hydrogen) atoms. The number of H-pyrrole nitrogens is 1. The minimum atomic E-state index is 0.101. The van der Waals surface area contributed by atoms with Crippen molar-refractivity contribution in [2.75, 3.05) is 19.7 Å². The summed E-state index contributed by atoms with van der Waals surface area (Å²) in [6, 6.07) is 0. The molecule has 0 aromatic carbocycles. The van der Waals surface area contributed by atoms with Gasteiger partial charge in [-0.3, -0.25) is 10.00 Å². The van der Waals surface area contributed by atoms with Crippen molar-refractivity contribution in [3.63, 3.8) is 0 Å². The van der Waals surface area contributed by atoms with Crippen LogP contribution in [-0.4, -0.2) is 50.0 Å². The van der Waals surface area contributed by atoms with Crippen molar-refractivity contribution in [1.82, 2.24) is 25.2 Å². The zero-order chi connectivity index (χ0) is 15.0. The van der Waals surface area contributed by atoms with Crippen molar-refractivity contribution in [3.05, 3.63) is 28.7 Å². The predicted octanol–water partition coefficient (Wildman–Crippen LogP) is 0.926. The zero-order valence-electron chi connectivity index (χ0n) is 12.6. The Bertz CT molecular complexity index is 601. The number of likely N-dealkylation sites (tertiary alicyclic amines) is 1. The topological polar surface area (TPSA) is 91.1 Å². The molecule has 7 heteroatoms. The fourth-order valence-corrected chi connectivity index (χ4v) is 3.05. The molecule has 0 saturated carbocycles. The van der Waals surface area contributed by atoms with E-state index in [2.05, 4.69) is 25.2 Å². The van der Waals surface area contributed by atoms with Crippen LogP contribution in [0.4, 0.5) is 0 Å². The van der Waals surface area contributed by atoms with Crippen LogP contribution in [0.3, 0.4) is 0 Å². The van der Waals surface area contributed by atoms with Gasteiger partial charge in [-0.15, -0.1) is 0 Å². The first kappa shape index (κ1) is 14.2. The Morgan fingerprint density at radius 3 is 2.71 bits per heavy atom. The number of nitrogens with zero attached hydrogens (tertiary/aromatic N) is 4. The number of aliphatic hydroxyl groups excluding tert-OH is 1. The Morgan fingerprint density at radius 2 is 2.14 bits per heavy atom. The van der Waals surface area contributed by atoms with Gasteiger partial charge in [0, 0.05) is 43.4 Å². The highest BCUT2D eigenvalue weighted by Crippen LogP contribution is 2.32. The van der Waals surface area contributed by atoms with E-state index in [1.54, 1.807) is 0 Å². The van der Waals surface area contributed by atoms with Crippen LogP contribution in [0, 0.1) is 26.7 Å². The Kier molecular flexibility index (Phi) is 3.77. The van der Waals surface area contributed by atoms with Crippen LogP contribution in [0.25, 0.3) is 0 Å². The molecule has 7 nitrogen and oxygen atoms in total. The highest BCUT2D eigenvalue weighted by molar-refractivity contribution is 5.23. The van der Waals surface area contributed by atoms with Crippen LogP contribution in [0.1, 0.15) is 34.6 Å². The molecular weight excluding hydrogens is 270 g/mol. The number of aromatic nitrogens is 4. The minimum absolute atomic E-state index is 0.101. The van der Waals surface area contributed by atoms with E-state index in [9.17, 15) is 5.11 Å². The summed E-state index contributed by atoms with van der Waals surface area (Å²) in [5, 5.41) is 20.7. The second-order valence-electron chi connectivity index (χ2n) is 5.84. The lowest BCUT2D eigenvalue weighted by atomic mass is 9.97. The highest BCUT2D eigenvalue weighted by Gasteiger charge is 2.37. The van der Waals surface area contributed by atoms with Gasteiger partial charge >= 0.3 is 0 Å². The zero-order valence-corrected chi connectivity index (χ0v) is 12.6. The van der Waals surface area contributed by atoms with E-state index in [-0.39, 0.29) is 18.4 Å². The summed E-state index contributed by atoms with van der Waals surface area (Å²) >= 11 is 0. The van der Waals surface area contributed by atoms with Gasteiger partial charge in [0.05, 0.1) is 11.6 Å². The minimum Gasteiger partial charge on any atom is -0.396 e. The first-order valence-electron chi connectivity index (χ1n) is 7.22. The Hall–Kier alpha value is -1.73. The maximum Gasteiger partial charge on any atom is 0.231 e. The second kappa shape index (κ2) is 5.57. The number of nitrogens with one attached hydrogen (secondary N) is 1. The average molecular weight is 291 g/mol. The van der Waals surface area contributed by atoms with Gasteiger partial charge in [0.25, 0.3) is 0 Å². The van der Waals surface area contributed by atoms with Gasteiger partial charge < -0.3 is 9.63 Å². The number of aryl methyl sites for hydroxylation is 3. The van der Waals surface area contributed by atoms with Crippen LogP contribution < -0.4 is 0 Å². The van der Waals surface area contributed by atoms with Crippen LogP contribution in [0.15, 0.2) is 4.52 Å². The molecule has 0 spiro atoms. The van der Waals surface area contributed by atoms with Crippen LogP contribution in [-0.2, 0) is 6.54 Å². The monoisotopic (exact) mass is 291 g/mol. The van der Waals surface area contributed by atoms with Gasteiger partial charge in [-0.2, -0.15) is 10.1 Å². The summed E-state index contributed by atoms with van der Waals surface area (Å²) < 4.78 is 5.29. The van der Waals surface area contributed by atoms with Gasteiger partial charge in [-0.1, -0.05) is 5.16 Å². The van der Waals surface area contributed by atoms with Gasteiger partial charge in [0.1, 0.15) is 0 Å². The fraction of sp³-hybridized carbons (Fsp3) is 0.643. The number of aliphatic hydroxyl groups is 1. The molecule has 2 aromatic heterocycles. The largest absolute Gasteiger partial charge is 0.396 e. The van der Waals surface area contributed by atoms with Crippen molar-refractivity contribution in [2.24, 2.45) is 5.92 Å². The van der Waals surface area contributed by atoms with Gasteiger partial charge in [0.15, 0.2) is 5.82 Å². The first-order chi connectivity index (χ1) is 10.1. The molecule has 3 rings (SSSR count). The molecule has 2 aromatic rings. The number of rotatable bonds is 4. The molecule has 1 aliphatic rings. The van der Waals surface area contributed by atoms with Crippen molar-refractivity contribution in [1.29, 1.82) is 0 Å². The van der Waals surface area contributed by atoms with Gasteiger partial charge in [0.2, 0.25) is 5.89 Å². The molecule has 114 valence electrons. The maximum atomic E-state index is 9.62. The van der Waals surface area contributed by atoms with Crippen molar-refractivity contribution >= 4 is 0 Å². The van der Waals surface area contributed by atoms with E-state index in [4.69, 9.17) is 4.52 Å². The molecule has 0 unspecified atom stereocenters. The molecule has 0 bridgehead atoms. The van der Waals surface area contributed by atoms with Crippen LogP contribution >= 0.6 is 0 Å². The summed E-state index contributed by atoms with van der Waals surface area (Å²) in [4.78, 5) is 6.64. The van der Waals surface area contributed by atoms with Crippen LogP contribution in [0.5, 0.6) is 0 Å². The van der Waals surface area contributed by atoms with Crippen molar-refractivity contribution in [3.8, 4) is 0 Å². The molecule has 1 fully saturated rings. The van der Waals surface area contributed by atoms with E-state index >= 15 is 0 Å².